The summed E-state index contributed by atoms with van der Waals surface area (Å²) in [5.41, 5.74) is 5.22. The molecule has 0 aliphatic rings. The first kappa shape index (κ1) is 9.70. The minimum Gasteiger partial charge on any atom is -0.330 e. The second kappa shape index (κ2) is 4.59. The first-order valence-corrected chi connectivity index (χ1v) is 5.13. The van der Waals surface area contributed by atoms with Gasteiger partial charge in [-0.3, -0.25) is 4.79 Å². The maximum absolute atomic E-state index is 11.0. The molecule has 1 aromatic heterocycles. The summed E-state index contributed by atoms with van der Waals surface area (Å²) in [5, 5.41) is 5.50. The van der Waals surface area contributed by atoms with Gasteiger partial charge in [-0.05, 0) is 22.0 Å². The van der Waals surface area contributed by atoms with Gasteiger partial charge in [-0.1, -0.05) is 0 Å². The van der Waals surface area contributed by atoms with Crippen molar-refractivity contribution in [2.45, 2.75) is 6.42 Å². The minimum absolute atomic E-state index is 0.0353. The lowest BCUT2D eigenvalue weighted by molar-refractivity contribution is -0.116. The normalized spacial score (nSPS) is 9.83. The van der Waals surface area contributed by atoms with Gasteiger partial charge in [-0.25, -0.2) is 0 Å². The maximum atomic E-state index is 11.0. The van der Waals surface area contributed by atoms with Crippen LogP contribution in [0.4, 0.5) is 5.00 Å². The SMILES string of the molecule is NCCC(=O)Nc1cc(Br)cs1. The molecule has 1 heterocycles. The highest BCUT2D eigenvalue weighted by atomic mass is 79.9. The zero-order chi connectivity index (χ0) is 8.97. The Balaban J connectivity index is 2.46. The van der Waals surface area contributed by atoms with Gasteiger partial charge in [0.25, 0.3) is 0 Å². The van der Waals surface area contributed by atoms with Gasteiger partial charge < -0.3 is 11.1 Å². The van der Waals surface area contributed by atoms with Gasteiger partial charge in [0, 0.05) is 22.8 Å². The zero-order valence-electron chi connectivity index (χ0n) is 6.34. The molecule has 66 valence electrons. The molecule has 0 bridgehead atoms. The van der Waals surface area contributed by atoms with Gasteiger partial charge in [-0.15, -0.1) is 11.3 Å². The second-order valence-electron chi connectivity index (χ2n) is 2.22. The Kier molecular flexibility index (Phi) is 3.71. The topological polar surface area (TPSA) is 55.1 Å². The Bertz CT molecular complexity index is 274. The molecule has 1 aromatic rings. The van der Waals surface area contributed by atoms with E-state index in [0.717, 1.165) is 9.47 Å². The molecule has 3 nitrogen and oxygen atoms in total. The van der Waals surface area contributed by atoms with Crippen molar-refractivity contribution >= 4 is 38.2 Å². The summed E-state index contributed by atoms with van der Waals surface area (Å²) in [4.78, 5) is 11.0. The molecule has 12 heavy (non-hydrogen) atoms. The molecule has 0 radical (unpaired) electrons. The van der Waals surface area contributed by atoms with E-state index in [4.69, 9.17) is 5.73 Å². The molecule has 0 spiro atoms. The van der Waals surface area contributed by atoms with Crippen molar-refractivity contribution in [3.05, 3.63) is 15.9 Å². The molecule has 1 rings (SSSR count). The van der Waals surface area contributed by atoms with E-state index in [1.54, 1.807) is 0 Å². The number of anilines is 1. The summed E-state index contributed by atoms with van der Waals surface area (Å²) in [5.74, 6) is -0.0353. The Morgan fingerprint density at radius 2 is 2.50 bits per heavy atom. The van der Waals surface area contributed by atoms with E-state index in [-0.39, 0.29) is 5.91 Å². The molecular formula is C7H9BrN2OS. The molecule has 3 N–H and O–H groups in total. The molecule has 0 aliphatic heterocycles. The van der Waals surface area contributed by atoms with Crippen LogP contribution < -0.4 is 11.1 Å². The lowest BCUT2D eigenvalue weighted by Crippen LogP contribution is -2.15. The average Bonchev–Trinajstić information content (AvgIpc) is 2.36. The van der Waals surface area contributed by atoms with E-state index >= 15 is 0 Å². The van der Waals surface area contributed by atoms with E-state index in [1.807, 2.05) is 11.4 Å². The van der Waals surface area contributed by atoms with Crippen LogP contribution in [0.2, 0.25) is 0 Å². The molecule has 5 heteroatoms. The Morgan fingerprint density at radius 1 is 1.75 bits per heavy atom. The fraction of sp³-hybridized carbons (Fsp3) is 0.286. The third-order valence-electron chi connectivity index (χ3n) is 1.20. The van der Waals surface area contributed by atoms with Crippen LogP contribution >= 0.6 is 27.3 Å². The molecule has 0 saturated heterocycles. The van der Waals surface area contributed by atoms with E-state index in [0.29, 0.717) is 13.0 Å². The van der Waals surface area contributed by atoms with Crippen LogP contribution in [0.5, 0.6) is 0 Å². The Hall–Kier alpha value is -0.390. The van der Waals surface area contributed by atoms with Crippen LogP contribution in [-0.2, 0) is 4.79 Å². The molecule has 0 aromatic carbocycles. The predicted molar refractivity (Wildman–Crippen MR) is 54.3 cm³/mol. The Morgan fingerprint density at radius 3 is 3.00 bits per heavy atom. The lowest BCUT2D eigenvalue weighted by Gasteiger charge is -1.98. The molecule has 0 fully saturated rings. The summed E-state index contributed by atoms with van der Waals surface area (Å²) < 4.78 is 0.982. The van der Waals surface area contributed by atoms with Crippen molar-refractivity contribution in [3.63, 3.8) is 0 Å². The molecule has 0 aliphatic carbocycles. The fourth-order valence-corrected chi connectivity index (χ4v) is 2.05. The summed E-state index contributed by atoms with van der Waals surface area (Å²) >= 11 is 4.78. The summed E-state index contributed by atoms with van der Waals surface area (Å²) in [6, 6.07) is 1.86. The quantitative estimate of drug-likeness (QED) is 0.858. The summed E-state index contributed by atoms with van der Waals surface area (Å²) in [6.45, 7) is 0.387. The van der Waals surface area contributed by atoms with Gasteiger partial charge in [-0.2, -0.15) is 0 Å². The van der Waals surface area contributed by atoms with E-state index < -0.39 is 0 Å². The largest absolute Gasteiger partial charge is 0.330 e. The van der Waals surface area contributed by atoms with Crippen LogP contribution in [0.15, 0.2) is 15.9 Å². The highest BCUT2D eigenvalue weighted by Crippen LogP contribution is 2.24. The summed E-state index contributed by atoms with van der Waals surface area (Å²) in [7, 11) is 0. The number of nitrogens with two attached hydrogens (primary N) is 1. The number of thiophene rings is 1. The second-order valence-corrected chi connectivity index (χ2v) is 4.04. The number of rotatable bonds is 3. The van der Waals surface area contributed by atoms with Gasteiger partial charge in [0.1, 0.15) is 0 Å². The van der Waals surface area contributed by atoms with Crippen molar-refractivity contribution in [2.75, 3.05) is 11.9 Å². The van der Waals surface area contributed by atoms with Crippen molar-refractivity contribution < 1.29 is 4.79 Å². The van der Waals surface area contributed by atoms with Crippen LogP contribution in [0, 0.1) is 0 Å². The number of hydrogen-bond acceptors (Lipinski definition) is 3. The monoisotopic (exact) mass is 248 g/mol. The van der Waals surface area contributed by atoms with Crippen LogP contribution in [0.1, 0.15) is 6.42 Å². The standard InChI is InChI=1S/C7H9BrN2OS/c8-5-3-7(12-4-5)10-6(11)1-2-9/h3-4H,1-2,9H2,(H,10,11). The molecule has 0 atom stereocenters. The number of halogens is 1. The Labute approximate surface area is 83.1 Å². The third-order valence-corrected chi connectivity index (χ3v) is 2.81. The van der Waals surface area contributed by atoms with Crippen LogP contribution in [0.25, 0.3) is 0 Å². The molecule has 0 saturated carbocycles. The van der Waals surface area contributed by atoms with E-state index in [1.165, 1.54) is 11.3 Å². The smallest absolute Gasteiger partial charge is 0.226 e. The van der Waals surface area contributed by atoms with Gasteiger partial charge in [0.15, 0.2) is 0 Å². The number of carbonyl (C=O) groups is 1. The number of nitrogens with one attached hydrogen (secondary N) is 1. The third kappa shape index (κ3) is 2.92. The molecular weight excluding hydrogens is 240 g/mol. The average molecular weight is 249 g/mol. The molecule has 0 unspecified atom stereocenters. The van der Waals surface area contributed by atoms with E-state index in [2.05, 4.69) is 21.2 Å². The van der Waals surface area contributed by atoms with Crippen LogP contribution in [-0.4, -0.2) is 12.5 Å². The van der Waals surface area contributed by atoms with E-state index in [9.17, 15) is 4.79 Å². The van der Waals surface area contributed by atoms with Crippen molar-refractivity contribution in [3.8, 4) is 0 Å². The lowest BCUT2D eigenvalue weighted by atomic mass is 10.4. The maximum Gasteiger partial charge on any atom is 0.226 e. The molecule has 1 amide bonds. The van der Waals surface area contributed by atoms with Gasteiger partial charge in [0.05, 0.1) is 5.00 Å². The number of amides is 1. The first-order valence-electron chi connectivity index (χ1n) is 3.46. The number of hydrogen-bond donors (Lipinski definition) is 2. The fourth-order valence-electron chi connectivity index (χ4n) is 0.710. The van der Waals surface area contributed by atoms with Crippen molar-refractivity contribution in [2.24, 2.45) is 5.73 Å². The van der Waals surface area contributed by atoms with Crippen molar-refractivity contribution in [1.82, 2.24) is 0 Å². The first-order chi connectivity index (χ1) is 5.72. The van der Waals surface area contributed by atoms with Gasteiger partial charge >= 0.3 is 0 Å². The predicted octanol–water partition coefficient (Wildman–Crippen LogP) is 1.80. The zero-order valence-corrected chi connectivity index (χ0v) is 8.74. The minimum atomic E-state index is -0.0353. The van der Waals surface area contributed by atoms with Gasteiger partial charge in [0.2, 0.25) is 5.91 Å². The summed E-state index contributed by atoms with van der Waals surface area (Å²) in [6.07, 6.45) is 0.371. The highest BCUT2D eigenvalue weighted by molar-refractivity contribution is 9.10. The van der Waals surface area contributed by atoms with Crippen LogP contribution in [0.3, 0.4) is 0 Å². The highest BCUT2D eigenvalue weighted by Gasteiger charge is 2.02. The van der Waals surface area contributed by atoms with Crippen molar-refractivity contribution in [1.29, 1.82) is 0 Å². The number of carbonyl (C=O) groups excluding carboxylic acids is 1.